The van der Waals surface area contributed by atoms with Crippen LogP contribution in [0, 0.1) is 6.92 Å². The molecule has 3 nitrogen and oxygen atoms in total. The van der Waals surface area contributed by atoms with Crippen LogP contribution >= 0.6 is 0 Å². The molecule has 1 aliphatic carbocycles. The van der Waals surface area contributed by atoms with Crippen molar-refractivity contribution in [3.05, 3.63) is 29.3 Å². The Labute approximate surface area is 109 Å². The van der Waals surface area contributed by atoms with Crippen LogP contribution in [0.5, 0.6) is 0 Å². The molecule has 1 aromatic rings. The fourth-order valence-corrected chi connectivity index (χ4v) is 1.83. The molecule has 0 heterocycles. The van der Waals surface area contributed by atoms with Crippen molar-refractivity contribution in [2.24, 2.45) is 0 Å². The molecule has 0 bridgehead atoms. The van der Waals surface area contributed by atoms with Crippen LogP contribution in [-0.4, -0.2) is 17.5 Å². The van der Waals surface area contributed by atoms with Crippen LogP contribution in [0.2, 0.25) is 0 Å². The number of rotatable bonds is 3. The highest BCUT2D eigenvalue weighted by molar-refractivity contribution is 5.95. The van der Waals surface area contributed by atoms with Gasteiger partial charge < -0.3 is 10.6 Å². The van der Waals surface area contributed by atoms with Crippen LogP contribution in [0.15, 0.2) is 18.2 Å². The number of hydrogen-bond donors (Lipinski definition) is 2. The zero-order chi connectivity index (χ0) is 13.3. The number of carbonyl (C=O) groups is 1. The van der Waals surface area contributed by atoms with Gasteiger partial charge >= 0.3 is 0 Å². The van der Waals surface area contributed by atoms with Crippen molar-refractivity contribution >= 4 is 11.6 Å². The van der Waals surface area contributed by atoms with E-state index < -0.39 is 0 Å². The topological polar surface area (TPSA) is 41.1 Å². The van der Waals surface area contributed by atoms with Crippen LogP contribution in [0.1, 0.15) is 49.5 Å². The molecule has 1 aliphatic rings. The standard InChI is InChI=1S/C15H22N2O/c1-10-9-11(14(18)17-15(2,3)4)5-8-13(10)16-12-6-7-12/h5,8-9,12,16H,6-7H2,1-4H3,(H,17,18). The summed E-state index contributed by atoms with van der Waals surface area (Å²) in [6.45, 7) is 8.00. The van der Waals surface area contributed by atoms with Crippen LogP contribution < -0.4 is 10.6 Å². The minimum Gasteiger partial charge on any atom is -0.382 e. The molecule has 18 heavy (non-hydrogen) atoms. The summed E-state index contributed by atoms with van der Waals surface area (Å²) in [4.78, 5) is 12.0. The highest BCUT2D eigenvalue weighted by atomic mass is 16.1. The van der Waals surface area contributed by atoms with E-state index >= 15 is 0 Å². The quantitative estimate of drug-likeness (QED) is 0.860. The van der Waals surface area contributed by atoms with Gasteiger partial charge in [0.25, 0.3) is 5.91 Å². The van der Waals surface area contributed by atoms with E-state index in [0.29, 0.717) is 6.04 Å². The molecule has 0 aromatic heterocycles. The molecule has 2 N–H and O–H groups in total. The summed E-state index contributed by atoms with van der Waals surface area (Å²) in [5.74, 6) is -0.0106. The molecule has 1 aromatic carbocycles. The van der Waals surface area contributed by atoms with E-state index in [2.05, 4.69) is 10.6 Å². The number of nitrogens with one attached hydrogen (secondary N) is 2. The maximum Gasteiger partial charge on any atom is 0.251 e. The maximum absolute atomic E-state index is 12.0. The average molecular weight is 246 g/mol. The van der Waals surface area contributed by atoms with E-state index in [9.17, 15) is 4.79 Å². The van der Waals surface area contributed by atoms with Gasteiger partial charge in [-0.2, -0.15) is 0 Å². The van der Waals surface area contributed by atoms with Crippen molar-refractivity contribution in [2.75, 3.05) is 5.32 Å². The first kappa shape index (κ1) is 12.9. The molecule has 0 unspecified atom stereocenters. The molecule has 1 fully saturated rings. The summed E-state index contributed by atoms with van der Waals surface area (Å²) in [6.07, 6.45) is 2.51. The van der Waals surface area contributed by atoms with Crippen LogP contribution in [-0.2, 0) is 0 Å². The third-order valence-electron chi connectivity index (χ3n) is 2.91. The lowest BCUT2D eigenvalue weighted by Gasteiger charge is -2.21. The highest BCUT2D eigenvalue weighted by Crippen LogP contribution is 2.27. The fourth-order valence-electron chi connectivity index (χ4n) is 1.83. The fraction of sp³-hybridized carbons (Fsp3) is 0.533. The molecule has 98 valence electrons. The minimum atomic E-state index is -0.198. The second kappa shape index (κ2) is 4.63. The Balaban J connectivity index is 2.09. The molecule has 0 atom stereocenters. The van der Waals surface area contributed by atoms with E-state index in [1.54, 1.807) is 0 Å². The number of amides is 1. The number of benzene rings is 1. The summed E-state index contributed by atoms with van der Waals surface area (Å²) in [6, 6.07) is 6.48. The predicted molar refractivity (Wildman–Crippen MR) is 75.0 cm³/mol. The summed E-state index contributed by atoms with van der Waals surface area (Å²) in [7, 11) is 0. The van der Waals surface area contributed by atoms with Gasteiger partial charge in [-0.15, -0.1) is 0 Å². The first-order chi connectivity index (χ1) is 8.35. The van der Waals surface area contributed by atoms with Gasteiger partial charge in [0.1, 0.15) is 0 Å². The van der Waals surface area contributed by atoms with Gasteiger partial charge in [-0.25, -0.2) is 0 Å². The smallest absolute Gasteiger partial charge is 0.251 e. The molecule has 2 rings (SSSR count). The van der Waals surface area contributed by atoms with Crippen molar-refractivity contribution in [3.8, 4) is 0 Å². The van der Waals surface area contributed by atoms with E-state index in [1.165, 1.54) is 12.8 Å². The Kier molecular flexibility index (Phi) is 3.33. The van der Waals surface area contributed by atoms with E-state index in [4.69, 9.17) is 0 Å². The normalized spacial score (nSPS) is 15.3. The van der Waals surface area contributed by atoms with Crippen molar-refractivity contribution < 1.29 is 4.79 Å². The Morgan fingerprint density at radius 1 is 1.28 bits per heavy atom. The molecule has 0 aliphatic heterocycles. The summed E-state index contributed by atoms with van der Waals surface area (Å²) in [5, 5.41) is 6.44. The Bertz CT molecular complexity index is 456. The molecular weight excluding hydrogens is 224 g/mol. The molecule has 1 amide bonds. The van der Waals surface area contributed by atoms with Crippen molar-refractivity contribution in [3.63, 3.8) is 0 Å². The molecule has 0 saturated heterocycles. The van der Waals surface area contributed by atoms with Gasteiger partial charge in [-0.05, 0) is 64.3 Å². The van der Waals surface area contributed by atoms with E-state index in [1.807, 2.05) is 45.9 Å². The lowest BCUT2D eigenvalue weighted by atomic mass is 10.1. The lowest BCUT2D eigenvalue weighted by molar-refractivity contribution is 0.0919. The van der Waals surface area contributed by atoms with Crippen molar-refractivity contribution in [1.29, 1.82) is 0 Å². The summed E-state index contributed by atoms with van der Waals surface area (Å²) in [5.41, 5.74) is 2.80. The van der Waals surface area contributed by atoms with Gasteiger partial charge in [-0.3, -0.25) is 4.79 Å². The van der Waals surface area contributed by atoms with E-state index in [0.717, 1.165) is 16.8 Å². The largest absolute Gasteiger partial charge is 0.382 e. The maximum atomic E-state index is 12.0. The van der Waals surface area contributed by atoms with E-state index in [-0.39, 0.29) is 11.4 Å². The Hall–Kier alpha value is -1.51. The number of carbonyl (C=O) groups excluding carboxylic acids is 1. The molecule has 0 radical (unpaired) electrons. The van der Waals surface area contributed by atoms with Gasteiger partial charge in [0.05, 0.1) is 0 Å². The highest BCUT2D eigenvalue weighted by Gasteiger charge is 2.22. The SMILES string of the molecule is Cc1cc(C(=O)NC(C)(C)C)ccc1NC1CC1. The lowest BCUT2D eigenvalue weighted by Crippen LogP contribution is -2.40. The number of anilines is 1. The minimum absolute atomic E-state index is 0.0106. The summed E-state index contributed by atoms with van der Waals surface area (Å²) < 4.78 is 0. The van der Waals surface area contributed by atoms with Crippen LogP contribution in [0.4, 0.5) is 5.69 Å². The Morgan fingerprint density at radius 2 is 1.94 bits per heavy atom. The predicted octanol–water partition coefficient (Wildman–Crippen LogP) is 3.10. The molecule has 1 saturated carbocycles. The van der Waals surface area contributed by atoms with Crippen molar-refractivity contribution in [1.82, 2.24) is 5.32 Å². The Morgan fingerprint density at radius 3 is 2.44 bits per heavy atom. The molecule has 0 spiro atoms. The second-order valence-electron chi connectivity index (χ2n) is 6.15. The number of hydrogen-bond acceptors (Lipinski definition) is 2. The van der Waals surface area contributed by atoms with Crippen LogP contribution in [0.3, 0.4) is 0 Å². The third kappa shape index (κ3) is 3.49. The third-order valence-corrected chi connectivity index (χ3v) is 2.91. The average Bonchev–Trinajstić information content (AvgIpc) is 3.02. The number of aryl methyl sites for hydroxylation is 1. The van der Waals surface area contributed by atoms with Gasteiger partial charge in [0.15, 0.2) is 0 Å². The zero-order valence-corrected chi connectivity index (χ0v) is 11.6. The zero-order valence-electron chi connectivity index (χ0n) is 11.6. The van der Waals surface area contributed by atoms with Gasteiger partial charge in [0, 0.05) is 22.8 Å². The molecular formula is C15H22N2O. The second-order valence-corrected chi connectivity index (χ2v) is 6.15. The summed E-state index contributed by atoms with van der Waals surface area (Å²) >= 11 is 0. The van der Waals surface area contributed by atoms with Gasteiger partial charge in [-0.1, -0.05) is 0 Å². The molecule has 3 heteroatoms. The van der Waals surface area contributed by atoms with Crippen molar-refractivity contribution in [2.45, 2.75) is 52.1 Å². The first-order valence-corrected chi connectivity index (χ1v) is 6.55. The van der Waals surface area contributed by atoms with Crippen LogP contribution in [0.25, 0.3) is 0 Å². The first-order valence-electron chi connectivity index (χ1n) is 6.55. The monoisotopic (exact) mass is 246 g/mol. The van der Waals surface area contributed by atoms with Gasteiger partial charge in [0.2, 0.25) is 0 Å².